The SMILES string of the molecule is O=[N+]([O-])/C(=N\OC(Cl)C(Cl)(Cl)[N+](=O)[O-])N1CCOCC1. The molecule has 114 valence electrons. The van der Waals surface area contributed by atoms with Crippen LogP contribution in [0, 0.1) is 20.2 Å². The summed E-state index contributed by atoms with van der Waals surface area (Å²) in [6, 6.07) is 0. The van der Waals surface area contributed by atoms with E-state index < -0.39 is 25.8 Å². The maximum Gasteiger partial charge on any atom is 0.468 e. The lowest BCUT2D eigenvalue weighted by atomic mass is 10.4. The molecule has 10 nitrogen and oxygen atoms in total. The first-order valence-electron chi connectivity index (χ1n) is 5.14. The van der Waals surface area contributed by atoms with Gasteiger partial charge in [-0.05, 0) is 28.1 Å². The number of nitro groups is 2. The van der Waals surface area contributed by atoms with Crippen LogP contribution in [0.2, 0.25) is 0 Å². The highest BCUT2D eigenvalue weighted by Gasteiger charge is 2.50. The molecule has 0 aromatic carbocycles. The first kappa shape index (κ1) is 17.0. The van der Waals surface area contributed by atoms with Crippen LogP contribution in [0.25, 0.3) is 0 Å². The van der Waals surface area contributed by atoms with Crippen LogP contribution in [-0.4, -0.2) is 57.0 Å². The van der Waals surface area contributed by atoms with E-state index in [1.54, 1.807) is 0 Å². The summed E-state index contributed by atoms with van der Waals surface area (Å²) >= 11 is 16.1. The van der Waals surface area contributed by atoms with Crippen molar-refractivity contribution in [1.29, 1.82) is 0 Å². The number of hydrogen-bond donors (Lipinski definition) is 0. The highest BCUT2D eigenvalue weighted by atomic mass is 35.5. The Morgan fingerprint density at radius 2 is 1.90 bits per heavy atom. The summed E-state index contributed by atoms with van der Waals surface area (Å²) in [5.41, 5.74) is -1.91. The molecule has 1 aliphatic heterocycles. The molecule has 1 rings (SSSR count). The maximum absolute atomic E-state index is 10.9. The third-order valence-corrected chi connectivity index (χ3v) is 3.49. The van der Waals surface area contributed by atoms with Crippen LogP contribution in [0.15, 0.2) is 5.16 Å². The Bertz CT molecular complexity index is 413. The van der Waals surface area contributed by atoms with Crippen molar-refractivity contribution in [3.8, 4) is 0 Å². The van der Waals surface area contributed by atoms with E-state index in [0.29, 0.717) is 0 Å². The number of alkyl halides is 3. The standard InChI is InChI=1S/C7H9Cl3N4O6/c8-5(7(9,10)14(17)18)20-11-6(13(15)16)12-1-3-19-4-2-12/h5H,1-4H2/b11-6-. The molecule has 0 bridgehead atoms. The van der Waals surface area contributed by atoms with Gasteiger partial charge in [0.25, 0.3) is 0 Å². The highest BCUT2D eigenvalue weighted by Crippen LogP contribution is 2.30. The topological polar surface area (TPSA) is 120 Å². The predicted molar refractivity (Wildman–Crippen MR) is 69.0 cm³/mol. The van der Waals surface area contributed by atoms with Gasteiger partial charge in [0, 0.05) is 0 Å². The van der Waals surface area contributed by atoms with Crippen molar-refractivity contribution in [3.63, 3.8) is 0 Å². The lowest BCUT2D eigenvalue weighted by Crippen LogP contribution is -2.44. The van der Waals surface area contributed by atoms with Crippen LogP contribution in [0.5, 0.6) is 0 Å². The van der Waals surface area contributed by atoms with Crippen LogP contribution >= 0.6 is 34.8 Å². The Kier molecular flexibility index (Phi) is 5.99. The van der Waals surface area contributed by atoms with Crippen LogP contribution < -0.4 is 0 Å². The molecule has 0 N–H and O–H groups in total. The third kappa shape index (κ3) is 4.20. The molecule has 0 aromatic rings. The number of oxime groups is 1. The van der Waals surface area contributed by atoms with Gasteiger partial charge in [-0.3, -0.25) is 19.9 Å². The fourth-order valence-electron chi connectivity index (χ4n) is 1.21. The minimum Gasteiger partial charge on any atom is -0.390 e. The molecular formula is C7H9Cl3N4O6. The quantitative estimate of drug-likeness (QED) is 0.184. The van der Waals surface area contributed by atoms with Gasteiger partial charge in [0.1, 0.15) is 5.16 Å². The molecule has 1 unspecified atom stereocenters. The fourth-order valence-corrected chi connectivity index (χ4v) is 1.41. The van der Waals surface area contributed by atoms with Crippen LogP contribution in [-0.2, 0) is 9.57 Å². The van der Waals surface area contributed by atoms with Gasteiger partial charge in [-0.2, -0.15) is 0 Å². The number of nitrogens with zero attached hydrogens (tertiary/aromatic N) is 4. The molecule has 13 heteroatoms. The van der Waals surface area contributed by atoms with Crippen LogP contribution in [0.1, 0.15) is 0 Å². The zero-order valence-corrected chi connectivity index (χ0v) is 12.0. The Morgan fingerprint density at radius 1 is 1.35 bits per heavy atom. The molecule has 0 amide bonds. The number of ether oxygens (including phenoxy) is 1. The number of hydrogen-bond acceptors (Lipinski definition) is 7. The molecule has 0 saturated carbocycles. The Morgan fingerprint density at radius 3 is 2.35 bits per heavy atom. The minimum absolute atomic E-state index is 0.220. The molecule has 1 heterocycles. The van der Waals surface area contributed by atoms with E-state index in [1.165, 1.54) is 4.90 Å². The molecule has 0 radical (unpaired) electrons. The summed E-state index contributed by atoms with van der Waals surface area (Å²) in [5, 5.41) is 24.6. The van der Waals surface area contributed by atoms with Gasteiger partial charge in [-0.25, -0.2) is 0 Å². The van der Waals surface area contributed by atoms with Crippen molar-refractivity contribution >= 4 is 40.8 Å². The van der Waals surface area contributed by atoms with E-state index in [1.807, 2.05) is 0 Å². The normalized spacial score (nSPS) is 18.6. The van der Waals surface area contributed by atoms with E-state index in [-0.39, 0.29) is 26.3 Å². The van der Waals surface area contributed by atoms with Gasteiger partial charge in [-0.1, -0.05) is 11.6 Å². The highest BCUT2D eigenvalue weighted by molar-refractivity contribution is 6.50. The van der Waals surface area contributed by atoms with Crippen molar-refractivity contribution in [2.45, 2.75) is 10.0 Å². The van der Waals surface area contributed by atoms with Crippen molar-refractivity contribution in [2.24, 2.45) is 5.16 Å². The van der Waals surface area contributed by atoms with Crippen molar-refractivity contribution in [2.75, 3.05) is 26.3 Å². The van der Waals surface area contributed by atoms with Gasteiger partial charge < -0.3 is 14.9 Å². The Hall–Kier alpha value is -1.10. The summed E-state index contributed by atoms with van der Waals surface area (Å²) in [4.78, 5) is 25.2. The predicted octanol–water partition coefficient (Wildman–Crippen LogP) is 0.856. The first-order valence-corrected chi connectivity index (χ1v) is 6.33. The second kappa shape index (κ2) is 7.07. The molecule has 20 heavy (non-hydrogen) atoms. The van der Waals surface area contributed by atoms with Gasteiger partial charge in [-0.15, -0.1) is 0 Å². The average Bonchev–Trinajstić information content (AvgIpc) is 2.39. The second-order valence-electron chi connectivity index (χ2n) is 3.51. The van der Waals surface area contributed by atoms with Gasteiger partial charge in [0.05, 0.1) is 31.2 Å². The summed E-state index contributed by atoms with van der Waals surface area (Å²) in [6.07, 6.45) is 0. The van der Waals surface area contributed by atoms with Crippen LogP contribution in [0.3, 0.4) is 0 Å². The molecular weight excluding hydrogens is 342 g/mol. The average molecular weight is 352 g/mol. The van der Waals surface area contributed by atoms with Crippen molar-refractivity contribution < 1.29 is 19.4 Å². The third-order valence-electron chi connectivity index (χ3n) is 2.20. The lowest BCUT2D eigenvalue weighted by molar-refractivity contribution is -0.524. The molecule has 0 aliphatic carbocycles. The van der Waals surface area contributed by atoms with E-state index in [4.69, 9.17) is 39.5 Å². The molecule has 1 atom stereocenters. The zero-order chi connectivity index (χ0) is 15.3. The number of morpholine rings is 1. The van der Waals surface area contributed by atoms with Gasteiger partial charge in [0.15, 0.2) is 0 Å². The summed E-state index contributed by atoms with van der Waals surface area (Å²) in [5.74, 6) is -0.661. The summed E-state index contributed by atoms with van der Waals surface area (Å²) in [6.45, 7) is 0.999. The molecule has 1 fully saturated rings. The van der Waals surface area contributed by atoms with Crippen molar-refractivity contribution in [1.82, 2.24) is 4.90 Å². The van der Waals surface area contributed by atoms with E-state index >= 15 is 0 Å². The Labute approximate surface area is 127 Å². The number of guanidine groups is 1. The Balaban J connectivity index is 2.77. The minimum atomic E-state index is -2.68. The lowest BCUT2D eigenvalue weighted by Gasteiger charge is -2.22. The van der Waals surface area contributed by atoms with E-state index in [9.17, 15) is 20.2 Å². The largest absolute Gasteiger partial charge is 0.468 e. The van der Waals surface area contributed by atoms with Crippen molar-refractivity contribution in [3.05, 3.63) is 20.2 Å². The smallest absolute Gasteiger partial charge is 0.390 e. The van der Waals surface area contributed by atoms with E-state index in [0.717, 1.165) is 0 Å². The maximum atomic E-state index is 10.9. The fraction of sp³-hybridized carbons (Fsp3) is 0.857. The van der Waals surface area contributed by atoms with Crippen LogP contribution in [0.4, 0.5) is 0 Å². The monoisotopic (exact) mass is 350 g/mol. The first-order chi connectivity index (χ1) is 9.26. The van der Waals surface area contributed by atoms with E-state index in [2.05, 4.69) is 9.99 Å². The molecule has 0 aromatic heterocycles. The summed E-state index contributed by atoms with van der Waals surface area (Å²) in [7, 11) is 0. The molecule has 0 spiro atoms. The van der Waals surface area contributed by atoms with Gasteiger partial charge in [0.2, 0.25) is 0 Å². The second-order valence-corrected chi connectivity index (χ2v) is 5.26. The molecule has 1 saturated heterocycles. The zero-order valence-electron chi connectivity index (χ0n) is 9.78. The molecule has 1 aliphatic rings. The summed E-state index contributed by atoms with van der Waals surface area (Å²) < 4.78 is 2.34. The van der Waals surface area contributed by atoms with Gasteiger partial charge >= 0.3 is 16.0 Å². The number of rotatable bonds is 4. The number of halogens is 3.